The molecule has 1 saturated heterocycles. The predicted molar refractivity (Wildman–Crippen MR) is 134 cm³/mol. The number of hydrogen-bond donors (Lipinski definition) is 3. The fraction of sp³-hybridized carbons (Fsp3) is 0.320. The van der Waals surface area contributed by atoms with Gasteiger partial charge in [0.1, 0.15) is 16.8 Å². The maximum Gasteiger partial charge on any atom is 0.387 e. The van der Waals surface area contributed by atoms with Gasteiger partial charge in [0.25, 0.3) is 5.91 Å². The summed E-state index contributed by atoms with van der Waals surface area (Å²) in [4.78, 5) is 55.3. The van der Waals surface area contributed by atoms with E-state index in [-0.39, 0.29) is 37.0 Å². The second-order valence-corrected chi connectivity index (χ2v) is 10.5. The zero-order chi connectivity index (χ0) is 27.2. The van der Waals surface area contributed by atoms with E-state index in [0.29, 0.717) is 32.0 Å². The maximum absolute atomic E-state index is 12.9. The van der Waals surface area contributed by atoms with E-state index in [1.807, 2.05) is 0 Å². The van der Waals surface area contributed by atoms with E-state index in [9.17, 15) is 28.0 Å². The summed E-state index contributed by atoms with van der Waals surface area (Å²) in [5, 5.41) is 8.45. The van der Waals surface area contributed by atoms with Crippen molar-refractivity contribution in [3.05, 3.63) is 52.5 Å². The minimum absolute atomic E-state index is 0.0254. The Kier molecular flexibility index (Phi) is 6.47. The molecule has 5 rings (SSSR count). The highest BCUT2D eigenvalue weighted by Gasteiger charge is 2.39. The Morgan fingerprint density at radius 2 is 2.00 bits per heavy atom. The average Bonchev–Trinajstić information content (AvgIpc) is 3.40. The van der Waals surface area contributed by atoms with E-state index in [1.54, 1.807) is 38.1 Å². The molecule has 3 N–H and O–H groups in total. The summed E-state index contributed by atoms with van der Waals surface area (Å²) in [6, 6.07) is 8.09. The lowest BCUT2D eigenvalue weighted by Crippen LogP contribution is -2.52. The number of imide groups is 1. The summed E-state index contributed by atoms with van der Waals surface area (Å²) in [5.41, 5.74) is 1.24. The SMILES string of the molecule is CC(C)(NC(=O)Nc1ccc2c(c1)CN(C1CCC(=O)NC1=O)C2=O)c1nc2ccc(OC(F)F)cc2s1. The summed E-state index contributed by atoms with van der Waals surface area (Å²) in [6.45, 7) is 0.783. The Labute approximate surface area is 219 Å². The number of hydrogen-bond acceptors (Lipinski definition) is 7. The van der Waals surface area contributed by atoms with Gasteiger partial charge in [-0.15, -0.1) is 11.3 Å². The number of ether oxygens (including phenoxy) is 1. The smallest absolute Gasteiger partial charge is 0.387 e. The number of benzene rings is 2. The average molecular weight is 544 g/mol. The number of nitrogens with zero attached hydrogens (tertiary/aromatic N) is 2. The molecule has 2 aliphatic rings. The van der Waals surface area contributed by atoms with Crippen molar-refractivity contribution in [2.24, 2.45) is 0 Å². The van der Waals surface area contributed by atoms with Crippen LogP contribution in [0.25, 0.3) is 10.2 Å². The molecular formula is C25H23F2N5O5S. The molecule has 1 aromatic heterocycles. The van der Waals surface area contributed by atoms with E-state index >= 15 is 0 Å². The van der Waals surface area contributed by atoms with Gasteiger partial charge < -0.3 is 20.3 Å². The van der Waals surface area contributed by atoms with Gasteiger partial charge in [-0.1, -0.05) is 0 Å². The lowest BCUT2D eigenvalue weighted by molar-refractivity contribution is -0.136. The minimum Gasteiger partial charge on any atom is -0.435 e. The number of fused-ring (bicyclic) bond motifs is 2. The van der Waals surface area contributed by atoms with E-state index in [0.717, 1.165) is 0 Å². The fourth-order valence-corrected chi connectivity index (χ4v) is 5.55. The van der Waals surface area contributed by atoms with Gasteiger partial charge in [-0.25, -0.2) is 9.78 Å². The summed E-state index contributed by atoms with van der Waals surface area (Å²) in [7, 11) is 0. The van der Waals surface area contributed by atoms with Crippen molar-refractivity contribution in [3.63, 3.8) is 0 Å². The van der Waals surface area contributed by atoms with Crippen LogP contribution in [0.1, 0.15) is 47.6 Å². The highest BCUT2D eigenvalue weighted by Crippen LogP contribution is 2.33. The molecule has 0 spiro atoms. The molecule has 0 aliphatic carbocycles. The number of nitrogens with one attached hydrogen (secondary N) is 3. The third-order valence-corrected chi connectivity index (χ3v) is 7.67. The molecule has 13 heteroatoms. The molecule has 3 heterocycles. The van der Waals surface area contributed by atoms with E-state index in [1.165, 1.54) is 28.4 Å². The second kappa shape index (κ2) is 9.63. The summed E-state index contributed by atoms with van der Waals surface area (Å²) in [5.74, 6) is -1.12. The Balaban J connectivity index is 1.26. The van der Waals surface area contributed by atoms with E-state index in [4.69, 9.17) is 0 Å². The first-order valence-corrected chi connectivity index (χ1v) is 12.5. The molecular weight excluding hydrogens is 520 g/mol. The summed E-state index contributed by atoms with van der Waals surface area (Å²) >= 11 is 1.25. The number of urea groups is 1. The first-order chi connectivity index (χ1) is 18.0. The molecule has 0 radical (unpaired) electrons. The summed E-state index contributed by atoms with van der Waals surface area (Å²) in [6.07, 6.45) is 0.428. The van der Waals surface area contributed by atoms with Crippen molar-refractivity contribution in [1.29, 1.82) is 0 Å². The van der Waals surface area contributed by atoms with E-state index in [2.05, 4.69) is 25.7 Å². The quantitative estimate of drug-likeness (QED) is 0.407. The van der Waals surface area contributed by atoms with Crippen molar-refractivity contribution in [1.82, 2.24) is 20.5 Å². The first-order valence-electron chi connectivity index (χ1n) is 11.7. The molecule has 1 unspecified atom stereocenters. The predicted octanol–water partition coefficient (Wildman–Crippen LogP) is 3.72. The zero-order valence-electron chi connectivity index (χ0n) is 20.3. The van der Waals surface area contributed by atoms with E-state index < -0.39 is 30.1 Å². The maximum atomic E-state index is 12.9. The first kappa shape index (κ1) is 25.5. The van der Waals surface area contributed by atoms with Gasteiger partial charge in [-0.05, 0) is 62.2 Å². The van der Waals surface area contributed by atoms with Gasteiger partial charge in [0.2, 0.25) is 11.8 Å². The van der Waals surface area contributed by atoms with Crippen molar-refractivity contribution in [2.45, 2.75) is 51.4 Å². The van der Waals surface area contributed by atoms with Crippen molar-refractivity contribution < 1.29 is 32.7 Å². The summed E-state index contributed by atoms with van der Waals surface area (Å²) < 4.78 is 30.1. The minimum atomic E-state index is -2.93. The zero-order valence-corrected chi connectivity index (χ0v) is 21.2. The molecule has 38 heavy (non-hydrogen) atoms. The van der Waals surface area contributed by atoms with Crippen LogP contribution in [-0.2, 0) is 21.7 Å². The lowest BCUT2D eigenvalue weighted by Gasteiger charge is -2.29. The molecule has 1 atom stereocenters. The number of aromatic nitrogens is 1. The number of piperidine rings is 1. The van der Waals surface area contributed by atoms with Crippen LogP contribution in [0.3, 0.4) is 0 Å². The van der Waals surface area contributed by atoms with Crippen molar-refractivity contribution in [2.75, 3.05) is 5.32 Å². The third kappa shape index (κ3) is 5.01. The van der Waals surface area contributed by atoms with Gasteiger partial charge in [0.15, 0.2) is 0 Å². The van der Waals surface area contributed by atoms with Crippen LogP contribution in [0.5, 0.6) is 5.75 Å². The van der Waals surface area contributed by atoms with Gasteiger partial charge >= 0.3 is 12.6 Å². The number of carbonyl (C=O) groups is 4. The molecule has 1 fully saturated rings. The standard InChI is InChI=1S/C25H23F2N5O5S/c1-25(2,22-29-16-6-4-14(37-23(26)27)10-18(16)38-22)31-24(36)28-13-3-5-15-12(9-13)11-32(21(15)35)17-7-8-19(33)30-20(17)34/h3-6,9-10,17,23H,7-8,11H2,1-2H3,(H2,28,31,36)(H,30,33,34). The molecule has 5 amide bonds. The van der Waals surface area contributed by atoms with Crippen molar-refractivity contribution >= 4 is 51.0 Å². The monoisotopic (exact) mass is 543 g/mol. The molecule has 2 aromatic carbocycles. The van der Waals surface area contributed by atoms with Gasteiger partial charge in [-0.3, -0.25) is 19.7 Å². The number of halogens is 2. The highest BCUT2D eigenvalue weighted by atomic mass is 32.1. The largest absolute Gasteiger partial charge is 0.435 e. The number of rotatable bonds is 6. The molecule has 10 nitrogen and oxygen atoms in total. The van der Waals surface area contributed by atoms with Crippen LogP contribution in [0.15, 0.2) is 36.4 Å². The molecule has 3 aromatic rings. The van der Waals surface area contributed by atoms with Gasteiger partial charge in [-0.2, -0.15) is 8.78 Å². The normalized spacial score (nSPS) is 17.6. The highest BCUT2D eigenvalue weighted by molar-refractivity contribution is 7.18. The number of thiazole rings is 1. The van der Waals surface area contributed by atoms with Crippen LogP contribution in [0.4, 0.5) is 19.3 Å². The molecule has 0 bridgehead atoms. The van der Waals surface area contributed by atoms with Crippen LogP contribution in [0.2, 0.25) is 0 Å². The Bertz CT molecular complexity index is 1470. The van der Waals surface area contributed by atoms with Crippen LogP contribution < -0.4 is 20.7 Å². The Hall–Kier alpha value is -4.13. The molecule has 198 valence electrons. The van der Waals surface area contributed by atoms with Gasteiger partial charge in [0, 0.05) is 24.2 Å². The second-order valence-electron chi connectivity index (χ2n) is 9.50. The number of amides is 5. The molecule has 0 saturated carbocycles. The number of carbonyl (C=O) groups excluding carboxylic acids is 4. The Morgan fingerprint density at radius 1 is 1.21 bits per heavy atom. The Morgan fingerprint density at radius 3 is 2.74 bits per heavy atom. The lowest BCUT2D eigenvalue weighted by atomic mass is 10.0. The van der Waals surface area contributed by atoms with Crippen molar-refractivity contribution in [3.8, 4) is 5.75 Å². The third-order valence-electron chi connectivity index (χ3n) is 6.33. The molecule has 2 aliphatic heterocycles. The van der Waals surface area contributed by atoms with Gasteiger partial charge in [0.05, 0.1) is 15.8 Å². The van der Waals surface area contributed by atoms with Crippen LogP contribution in [-0.4, -0.2) is 46.3 Å². The number of anilines is 1. The fourth-order valence-electron chi connectivity index (χ4n) is 4.50. The topological polar surface area (TPSA) is 130 Å². The van der Waals surface area contributed by atoms with Crippen LogP contribution >= 0.6 is 11.3 Å². The van der Waals surface area contributed by atoms with Crippen LogP contribution in [0, 0.1) is 0 Å². The number of alkyl halides is 2.